The van der Waals surface area contributed by atoms with E-state index in [1.54, 1.807) is 25.3 Å². The fraction of sp³-hybridized carbons (Fsp3) is 0.267. The Balaban J connectivity index is 2.22. The van der Waals surface area contributed by atoms with E-state index in [4.69, 9.17) is 5.26 Å². The number of hydrogen-bond donors (Lipinski definition) is 0. The summed E-state index contributed by atoms with van der Waals surface area (Å²) in [5.74, 6) is 0.651. The van der Waals surface area contributed by atoms with E-state index in [0.717, 1.165) is 11.5 Å². The molecule has 19 heavy (non-hydrogen) atoms. The Morgan fingerprint density at radius 1 is 1.42 bits per heavy atom. The molecule has 0 aliphatic rings. The highest BCUT2D eigenvalue weighted by molar-refractivity contribution is 5.97. The van der Waals surface area contributed by atoms with Gasteiger partial charge >= 0.3 is 0 Å². The van der Waals surface area contributed by atoms with E-state index in [1.165, 1.54) is 0 Å². The maximum atomic E-state index is 12.0. The van der Waals surface area contributed by atoms with Crippen LogP contribution in [0.4, 0.5) is 0 Å². The van der Waals surface area contributed by atoms with Gasteiger partial charge in [-0.15, -0.1) is 0 Å². The van der Waals surface area contributed by atoms with Crippen molar-refractivity contribution in [3.63, 3.8) is 0 Å². The van der Waals surface area contributed by atoms with Crippen LogP contribution in [0.15, 0.2) is 36.7 Å². The molecule has 0 fully saturated rings. The molecule has 0 spiro atoms. The predicted octanol–water partition coefficient (Wildman–Crippen LogP) is 2.91. The number of nitriles is 1. The van der Waals surface area contributed by atoms with Crippen molar-refractivity contribution in [1.29, 1.82) is 5.26 Å². The topological polar surface area (TPSA) is 58.7 Å². The number of carbonyl (C=O) groups is 1. The lowest BCUT2D eigenvalue weighted by molar-refractivity contribution is 0.0932. The summed E-state index contributed by atoms with van der Waals surface area (Å²) in [5, 5.41) is 8.62. The second-order valence-corrected chi connectivity index (χ2v) is 4.52. The van der Waals surface area contributed by atoms with E-state index in [1.807, 2.05) is 35.9 Å². The zero-order valence-electron chi connectivity index (χ0n) is 11.0. The lowest BCUT2D eigenvalue weighted by Gasteiger charge is -2.08. The van der Waals surface area contributed by atoms with Crippen LogP contribution in [-0.4, -0.2) is 15.3 Å². The van der Waals surface area contributed by atoms with Crippen molar-refractivity contribution in [1.82, 2.24) is 9.55 Å². The van der Waals surface area contributed by atoms with Crippen molar-refractivity contribution < 1.29 is 4.79 Å². The molecule has 1 unspecified atom stereocenters. The highest BCUT2D eigenvalue weighted by Crippen LogP contribution is 2.15. The van der Waals surface area contributed by atoms with E-state index < -0.39 is 0 Å². The summed E-state index contributed by atoms with van der Waals surface area (Å²) in [6, 6.07) is 9.40. The van der Waals surface area contributed by atoms with Crippen LogP contribution in [0.5, 0.6) is 0 Å². The molecule has 4 nitrogen and oxygen atoms in total. The number of Topliss-reactive ketones (excluding diaryl/α,β-unsaturated/α-hetero) is 1. The van der Waals surface area contributed by atoms with E-state index in [9.17, 15) is 4.79 Å². The molecule has 1 aromatic carbocycles. The molecule has 0 saturated heterocycles. The van der Waals surface area contributed by atoms with Crippen molar-refractivity contribution in [2.24, 2.45) is 5.92 Å². The number of aryl methyl sites for hydroxylation is 1. The Morgan fingerprint density at radius 3 is 2.63 bits per heavy atom. The zero-order chi connectivity index (χ0) is 13.8. The van der Waals surface area contributed by atoms with Gasteiger partial charge in [0.25, 0.3) is 0 Å². The van der Waals surface area contributed by atoms with E-state index in [0.29, 0.717) is 5.56 Å². The number of benzene rings is 1. The number of aromatic nitrogens is 2. The fourth-order valence-corrected chi connectivity index (χ4v) is 1.95. The first-order chi connectivity index (χ1) is 9.13. The molecule has 1 heterocycles. The van der Waals surface area contributed by atoms with Gasteiger partial charge in [-0.2, -0.15) is 5.26 Å². The molecule has 1 atom stereocenters. The third-order valence-corrected chi connectivity index (χ3v) is 3.10. The molecular weight excluding hydrogens is 238 g/mol. The Hall–Kier alpha value is -2.41. The molecule has 0 amide bonds. The first kappa shape index (κ1) is 13.0. The summed E-state index contributed by atoms with van der Waals surface area (Å²) in [7, 11) is 0. The van der Waals surface area contributed by atoms with Crippen LogP contribution >= 0.6 is 0 Å². The summed E-state index contributed by atoms with van der Waals surface area (Å²) in [5.41, 5.74) is 1.61. The Bertz CT molecular complexity index is 620. The smallest absolute Gasteiger partial charge is 0.166 e. The first-order valence-corrected chi connectivity index (χ1v) is 6.15. The number of nitrogens with zero attached hydrogens (tertiary/aromatic N) is 3. The van der Waals surface area contributed by atoms with Gasteiger partial charge in [0.15, 0.2) is 5.78 Å². The second-order valence-electron chi connectivity index (χ2n) is 4.52. The average Bonchev–Trinajstić information content (AvgIpc) is 2.84. The normalized spacial score (nSPS) is 11.8. The van der Waals surface area contributed by atoms with E-state index in [-0.39, 0.29) is 18.1 Å². The summed E-state index contributed by atoms with van der Waals surface area (Å²) in [6.07, 6.45) is 3.87. The second kappa shape index (κ2) is 5.49. The van der Waals surface area contributed by atoms with Crippen molar-refractivity contribution in [2.45, 2.75) is 20.3 Å². The number of carbonyl (C=O) groups excluding carboxylic acids is 1. The third-order valence-electron chi connectivity index (χ3n) is 3.10. The molecule has 4 heteroatoms. The molecule has 2 aromatic rings. The lowest BCUT2D eigenvalue weighted by Crippen LogP contribution is -2.10. The Labute approximate surface area is 112 Å². The minimum absolute atomic E-state index is 0.00968. The number of rotatable bonds is 4. The van der Waals surface area contributed by atoms with Gasteiger partial charge < -0.3 is 4.57 Å². The van der Waals surface area contributed by atoms with Crippen molar-refractivity contribution >= 4 is 5.78 Å². The summed E-state index contributed by atoms with van der Waals surface area (Å²) in [6.45, 7) is 3.70. The number of imidazole rings is 1. The van der Waals surface area contributed by atoms with Gasteiger partial charge in [-0.1, -0.05) is 6.92 Å². The van der Waals surface area contributed by atoms with Gasteiger partial charge in [-0.05, 0) is 31.2 Å². The maximum absolute atomic E-state index is 12.0. The molecule has 2 rings (SSSR count). The summed E-state index contributed by atoms with van der Waals surface area (Å²) < 4.78 is 1.95. The zero-order valence-corrected chi connectivity index (χ0v) is 11.0. The van der Waals surface area contributed by atoms with Crippen LogP contribution in [0.1, 0.15) is 29.5 Å². The van der Waals surface area contributed by atoms with Crippen LogP contribution in [0.3, 0.4) is 0 Å². The molecule has 96 valence electrons. The van der Waals surface area contributed by atoms with Crippen molar-refractivity contribution in [3.05, 3.63) is 48.0 Å². The van der Waals surface area contributed by atoms with Gasteiger partial charge in [0, 0.05) is 36.0 Å². The molecule has 0 bridgehead atoms. The van der Waals surface area contributed by atoms with Crippen LogP contribution in [-0.2, 0) is 0 Å². The van der Waals surface area contributed by atoms with Gasteiger partial charge in [-0.3, -0.25) is 4.79 Å². The lowest BCUT2D eigenvalue weighted by atomic mass is 9.97. The van der Waals surface area contributed by atoms with Crippen LogP contribution in [0.25, 0.3) is 5.69 Å². The average molecular weight is 253 g/mol. The van der Waals surface area contributed by atoms with E-state index >= 15 is 0 Å². The van der Waals surface area contributed by atoms with Gasteiger partial charge in [0.1, 0.15) is 5.82 Å². The van der Waals surface area contributed by atoms with Gasteiger partial charge in [0.05, 0.1) is 6.07 Å². The molecule has 0 saturated carbocycles. The minimum Gasteiger partial charge on any atom is -0.304 e. The maximum Gasteiger partial charge on any atom is 0.166 e. The van der Waals surface area contributed by atoms with E-state index in [2.05, 4.69) is 4.98 Å². The fourth-order valence-electron chi connectivity index (χ4n) is 1.95. The largest absolute Gasteiger partial charge is 0.304 e. The summed E-state index contributed by atoms with van der Waals surface area (Å²) >= 11 is 0. The Kier molecular flexibility index (Phi) is 3.76. The van der Waals surface area contributed by atoms with Crippen LogP contribution < -0.4 is 0 Å². The van der Waals surface area contributed by atoms with Crippen molar-refractivity contribution in [3.8, 4) is 11.8 Å². The number of hydrogen-bond acceptors (Lipinski definition) is 3. The monoisotopic (exact) mass is 253 g/mol. The number of ketones is 1. The highest BCUT2D eigenvalue weighted by Gasteiger charge is 2.14. The first-order valence-electron chi connectivity index (χ1n) is 6.15. The summed E-state index contributed by atoms with van der Waals surface area (Å²) in [4.78, 5) is 16.2. The molecule has 1 aromatic heterocycles. The third kappa shape index (κ3) is 2.71. The van der Waals surface area contributed by atoms with Crippen molar-refractivity contribution in [2.75, 3.05) is 0 Å². The quantitative estimate of drug-likeness (QED) is 0.787. The minimum atomic E-state index is -0.258. The SMILES string of the molecule is Cc1nccn1-c1ccc(C(=O)C(C)CC#N)cc1. The predicted molar refractivity (Wildman–Crippen MR) is 72.0 cm³/mol. The highest BCUT2D eigenvalue weighted by atomic mass is 16.1. The standard InChI is InChI=1S/C15H15N3O/c1-11(7-8-16)15(19)13-3-5-14(6-4-13)18-10-9-17-12(18)2/h3-6,9-11H,7H2,1-2H3. The molecule has 0 aliphatic carbocycles. The Morgan fingerprint density at radius 2 is 2.11 bits per heavy atom. The molecular formula is C15H15N3O. The van der Waals surface area contributed by atoms with Gasteiger partial charge in [0.2, 0.25) is 0 Å². The van der Waals surface area contributed by atoms with Gasteiger partial charge in [-0.25, -0.2) is 4.98 Å². The van der Waals surface area contributed by atoms with Crippen LogP contribution in [0, 0.1) is 24.2 Å². The molecule has 0 N–H and O–H groups in total. The molecule has 0 aliphatic heterocycles. The molecule has 0 radical (unpaired) electrons. The van der Waals surface area contributed by atoms with Crippen LogP contribution in [0.2, 0.25) is 0 Å².